The number of hydrogen-bond acceptors (Lipinski definition) is 8. The van der Waals surface area contributed by atoms with Crippen molar-refractivity contribution in [3.05, 3.63) is 29.8 Å². The molecule has 0 bridgehead atoms. The Labute approximate surface area is 260 Å². The van der Waals surface area contributed by atoms with Crippen LogP contribution in [0.1, 0.15) is 38.7 Å². The average molecular weight is 692 g/mol. The lowest BCUT2D eigenvalue weighted by Crippen LogP contribution is -2.54. The maximum Gasteiger partial charge on any atom is 0.369 e. The monoisotopic (exact) mass is 691 g/mol. The van der Waals surface area contributed by atoms with E-state index in [0.29, 0.717) is 24.8 Å². The van der Waals surface area contributed by atoms with E-state index in [2.05, 4.69) is 16.0 Å². The van der Waals surface area contributed by atoms with Crippen LogP contribution >= 0.6 is 38.4 Å². The standard InChI is InChI=1S/C24H41Cl2N5O10P2/c1-16(21(32)28-12-4-3-9-24(35,42(36,37)38)43(39,40)41)29-22(33)17(2)30-23(34)20(27)15-18-5-7-19(8-6-18)31(13-10-25)14-11-26/h5-8,16-17,20,35H,3-4,9-15,27H2,1-2H3,(H,28,32)(H,29,33)(H,30,34)(H2,36,37,38)(H2,39,40,41)/t16-,17-,20-/m0/s1. The number of amides is 3. The highest BCUT2D eigenvalue weighted by atomic mass is 35.5. The SMILES string of the molecule is C[C@H](NC(=O)[C@H](C)NC(=O)[C@@H](N)Cc1ccc(N(CCCl)CCCl)cc1)C(=O)NCCCCC(O)(P(=O)(O)O)P(=O)(O)O. The van der Waals surface area contributed by atoms with Crippen molar-refractivity contribution in [1.29, 1.82) is 0 Å². The number of carbonyl (C=O) groups is 3. The number of halogens is 2. The van der Waals surface area contributed by atoms with Gasteiger partial charge in [-0.25, -0.2) is 0 Å². The highest BCUT2D eigenvalue weighted by molar-refractivity contribution is 7.72. The molecule has 0 saturated carbocycles. The van der Waals surface area contributed by atoms with E-state index >= 15 is 0 Å². The van der Waals surface area contributed by atoms with Crippen molar-refractivity contribution in [1.82, 2.24) is 16.0 Å². The van der Waals surface area contributed by atoms with Gasteiger partial charge in [-0.2, -0.15) is 0 Å². The van der Waals surface area contributed by atoms with Crippen LogP contribution in [-0.2, 0) is 29.9 Å². The number of unbranched alkanes of at least 4 members (excludes halogenated alkanes) is 1. The molecule has 0 saturated heterocycles. The molecule has 15 nitrogen and oxygen atoms in total. The number of hydrogen-bond donors (Lipinski definition) is 9. The Bertz CT molecular complexity index is 1140. The lowest BCUT2D eigenvalue weighted by molar-refractivity contribution is -0.131. The minimum Gasteiger partial charge on any atom is -0.369 e. The lowest BCUT2D eigenvalue weighted by Gasteiger charge is -2.29. The van der Waals surface area contributed by atoms with Gasteiger partial charge in [0.25, 0.3) is 5.08 Å². The van der Waals surface area contributed by atoms with E-state index in [1.807, 2.05) is 29.2 Å². The Balaban J connectivity index is 2.52. The maximum absolute atomic E-state index is 12.6. The van der Waals surface area contributed by atoms with Crippen molar-refractivity contribution in [2.45, 2.75) is 62.7 Å². The second kappa shape index (κ2) is 17.6. The molecule has 1 rings (SSSR count). The molecule has 3 amide bonds. The van der Waals surface area contributed by atoms with Gasteiger partial charge in [0.1, 0.15) is 12.1 Å². The van der Waals surface area contributed by atoms with Crippen molar-refractivity contribution in [2.75, 3.05) is 36.3 Å². The summed E-state index contributed by atoms with van der Waals surface area (Å²) >= 11 is 11.7. The van der Waals surface area contributed by atoms with Gasteiger partial charge >= 0.3 is 15.2 Å². The summed E-state index contributed by atoms with van der Waals surface area (Å²) in [4.78, 5) is 76.0. The predicted octanol–water partition coefficient (Wildman–Crippen LogP) is 0.138. The third kappa shape index (κ3) is 12.3. The Hall–Kier alpha value is -1.77. The normalized spacial score (nSPS) is 14.4. The first-order chi connectivity index (χ1) is 19.9. The number of rotatable bonds is 19. The Kier molecular flexibility index (Phi) is 16.1. The van der Waals surface area contributed by atoms with Crippen molar-refractivity contribution in [3.63, 3.8) is 0 Å². The van der Waals surface area contributed by atoms with Gasteiger partial charge in [-0.3, -0.25) is 23.5 Å². The van der Waals surface area contributed by atoms with Crippen LogP contribution in [0.2, 0.25) is 0 Å². The van der Waals surface area contributed by atoms with Crippen molar-refractivity contribution < 1.29 is 48.2 Å². The molecular weight excluding hydrogens is 651 g/mol. The first-order valence-corrected chi connectivity index (χ1v) is 17.6. The molecule has 246 valence electrons. The van der Waals surface area contributed by atoms with Gasteiger partial charge in [0.15, 0.2) is 0 Å². The fourth-order valence-corrected chi connectivity index (χ4v) is 6.53. The zero-order chi connectivity index (χ0) is 33.0. The summed E-state index contributed by atoms with van der Waals surface area (Å²) < 4.78 is 22.7. The second-order valence-electron chi connectivity index (χ2n) is 9.91. The number of alkyl halides is 2. The van der Waals surface area contributed by atoms with Crippen LogP contribution in [0, 0.1) is 0 Å². The first kappa shape index (κ1) is 39.3. The van der Waals surface area contributed by atoms with Crippen LogP contribution in [0.15, 0.2) is 24.3 Å². The topological polar surface area (TPSA) is 252 Å². The largest absolute Gasteiger partial charge is 0.369 e. The number of nitrogens with zero attached hydrogens (tertiary/aromatic N) is 1. The Morgan fingerprint density at radius 3 is 1.86 bits per heavy atom. The summed E-state index contributed by atoms with van der Waals surface area (Å²) in [5, 5.41) is 13.7. The van der Waals surface area contributed by atoms with E-state index < -0.39 is 62.5 Å². The van der Waals surface area contributed by atoms with Gasteiger partial charge in [0.05, 0.1) is 6.04 Å². The summed E-state index contributed by atoms with van der Waals surface area (Å²) in [5.41, 5.74) is 7.77. The van der Waals surface area contributed by atoms with E-state index in [-0.39, 0.29) is 25.8 Å². The molecule has 1 aromatic rings. The molecule has 0 radical (unpaired) electrons. The molecule has 0 aliphatic rings. The quantitative estimate of drug-likeness (QED) is 0.0534. The molecule has 0 aliphatic heterocycles. The number of nitrogens with two attached hydrogens (primary N) is 1. The van der Waals surface area contributed by atoms with Crippen LogP contribution < -0.4 is 26.6 Å². The number of anilines is 1. The highest BCUT2D eigenvalue weighted by Gasteiger charge is 2.58. The van der Waals surface area contributed by atoms with Crippen molar-refractivity contribution >= 4 is 61.8 Å². The molecule has 19 heteroatoms. The fourth-order valence-electron chi connectivity index (χ4n) is 3.87. The van der Waals surface area contributed by atoms with Crippen LogP contribution in [0.5, 0.6) is 0 Å². The highest BCUT2D eigenvalue weighted by Crippen LogP contribution is 2.69. The van der Waals surface area contributed by atoms with Crippen LogP contribution in [0.4, 0.5) is 5.69 Å². The Morgan fingerprint density at radius 1 is 0.884 bits per heavy atom. The van der Waals surface area contributed by atoms with E-state index in [0.717, 1.165) is 11.3 Å². The van der Waals surface area contributed by atoms with Gasteiger partial charge in [-0.05, 0) is 57.2 Å². The van der Waals surface area contributed by atoms with E-state index in [9.17, 15) is 28.6 Å². The summed E-state index contributed by atoms with van der Waals surface area (Å²) in [6.07, 6.45) is -0.914. The van der Waals surface area contributed by atoms with Gasteiger partial charge in [-0.15, -0.1) is 23.2 Å². The zero-order valence-corrected chi connectivity index (χ0v) is 27.2. The molecule has 0 aliphatic carbocycles. The molecule has 0 aromatic heterocycles. The van der Waals surface area contributed by atoms with Crippen LogP contribution in [0.25, 0.3) is 0 Å². The minimum absolute atomic E-state index is 0.0148. The summed E-state index contributed by atoms with van der Waals surface area (Å²) in [7, 11) is -11.1. The van der Waals surface area contributed by atoms with Crippen LogP contribution in [-0.4, -0.2) is 97.0 Å². The molecule has 0 fully saturated rings. The summed E-state index contributed by atoms with van der Waals surface area (Å²) in [6, 6.07) is 4.44. The summed E-state index contributed by atoms with van der Waals surface area (Å²) in [6.45, 7) is 4.00. The third-order valence-electron chi connectivity index (χ3n) is 6.48. The molecular formula is C24H41Cl2N5O10P2. The van der Waals surface area contributed by atoms with E-state index in [1.165, 1.54) is 13.8 Å². The molecule has 3 atom stereocenters. The van der Waals surface area contributed by atoms with Crippen molar-refractivity contribution in [3.8, 4) is 0 Å². The number of nitrogens with one attached hydrogen (secondary N) is 3. The molecule has 1 aromatic carbocycles. The van der Waals surface area contributed by atoms with E-state index in [4.69, 9.17) is 48.5 Å². The smallest absolute Gasteiger partial charge is 0.369 e. The van der Waals surface area contributed by atoms with E-state index in [1.54, 1.807) is 0 Å². The van der Waals surface area contributed by atoms with Gasteiger partial charge in [0, 0.05) is 37.1 Å². The number of carbonyl (C=O) groups excluding carboxylic acids is 3. The molecule has 10 N–H and O–H groups in total. The Morgan fingerprint density at radius 2 is 1.37 bits per heavy atom. The second-order valence-corrected chi connectivity index (χ2v) is 14.7. The summed E-state index contributed by atoms with van der Waals surface area (Å²) in [5.74, 6) is -0.958. The molecule has 0 spiro atoms. The number of aliphatic hydroxyl groups is 1. The zero-order valence-electron chi connectivity index (χ0n) is 23.9. The lowest BCUT2D eigenvalue weighted by atomic mass is 10.0. The van der Waals surface area contributed by atoms with Crippen LogP contribution in [0.3, 0.4) is 0 Å². The van der Waals surface area contributed by atoms with Gasteiger partial charge in [-0.1, -0.05) is 12.1 Å². The first-order valence-electron chi connectivity index (χ1n) is 13.3. The van der Waals surface area contributed by atoms with Gasteiger partial charge < -0.3 is 51.3 Å². The maximum atomic E-state index is 12.6. The van der Waals surface area contributed by atoms with Crippen molar-refractivity contribution in [2.24, 2.45) is 5.73 Å². The molecule has 0 unspecified atom stereocenters. The minimum atomic E-state index is -5.55. The predicted molar refractivity (Wildman–Crippen MR) is 163 cm³/mol. The third-order valence-corrected chi connectivity index (χ3v) is 10.7. The number of benzene rings is 1. The average Bonchev–Trinajstić information content (AvgIpc) is 2.91. The van der Waals surface area contributed by atoms with Gasteiger partial charge in [0.2, 0.25) is 17.7 Å². The fraction of sp³-hybridized carbons (Fsp3) is 0.625. The molecule has 43 heavy (non-hydrogen) atoms. The molecule has 0 heterocycles.